The van der Waals surface area contributed by atoms with Crippen molar-refractivity contribution in [1.82, 2.24) is 5.48 Å². The molecule has 4 nitrogen and oxygen atoms in total. The quantitative estimate of drug-likeness (QED) is 0.516. The molecule has 0 aliphatic carbocycles. The predicted octanol–water partition coefficient (Wildman–Crippen LogP) is 1.07. The molecule has 0 spiro atoms. The lowest BCUT2D eigenvalue weighted by atomic mass is 10.2. The number of halogens is 1. The van der Waals surface area contributed by atoms with Crippen molar-refractivity contribution in [3.05, 3.63) is 29.8 Å². The summed E-state index contributed by atoms with van der Waals surface area (Å²) in [6, 6.07) is 5.61. The molecule has 5 heteroatoms. The molecule has 1 rings (SSSR count). The number of amides is 1. The zero-order valence-corrected chi connectivity index (χ0v) is 5.95. The fraction of sp³-hybridized carbons (Fsp3) is 0. The monoisotopic (exact) mass is 171 g/mol. The molecule has 1 aromatic carbocycles. The lowest BCUT2D eigenvalue weighted by Crippen LogP contribution is -2.18. The van der Waals surface area contributed by atoms with Crippen LogP contribution in [-0.2, 0) is 0 Å². The number of carbonyl (C=O) groups is 1. The third kappa shape index (κ3) is 1.51. The summed E-state index contributed by atoms with van der Waals surface area (Å²) in [5, 5.41) is 8.23. The summed E-state index contributed by atoms with van der Waals surface area (Å²) in [6.07, 6.45) is 0. The van der Waals surface area contributed by atoms with Gasteiger partial charge in [0.15, 0.2) is 5.75 Å². The van der Waals surface area contributed by atoms with E-state index >= 15 is 0 Å². The minimum Gasteiger partial charge on any atom is -0.294 e. The fourth-order valence-electron chi connectivity index (χ4n) is 0.782. The van der Waals surface area contributed by atoms with Crippen molar-refractivity contribution in [2.24, 2.45) is 0 Å². The smallest absolute Gasteiger partial charge is 0.278 e. The van der Waals surface area contributed by atoms with Gasteiger partial charge in [-0.05, 0) is 12.1 Å². The second-order valence-electron chi connectivity index (χ2n) is 2.01. The number of benzene rings is 1. The Morgan fingerprint density at radius 2 is 2.17 bits per heavy atom. The normalized spacial score (nSPS) is 9.17. The Morgan fingerprint density at radius 1 is 1.50 bits per heavy atom. The van der Waals surface area contributed by atoms with Crippen molar-refractivity contribution in [2.45, 2.75) is 0 Å². The molecule has 0 bridgehead atoms. The van der Waals surface area contributed by atoms with Gasteiger partial charge in [-0.2, -0.15) is 0 Å². The lowest BCUT2D eigenvalue weighted by molar-refractivity contribution is -0.00757. The Kier molecular flexibility index (Phi) is 2.60. The van der Waals surface area contributed by atoms with Crippen LogP contribution < -0.4 is 10.4 Å². The van der Waals surface area contributed by atoms with Crippen LogP contribution in [0.25, 0.3) is 0 Å². The number of hydrogen-bond donors (Lipinski definition) is 2. The maximum Gasteiger partial charge on any atom is 0.278 e. The topological polar surface area (TPSA) is 58.6 Å². The van der Waals surface area contributed by atoms with Crippen LogP contribution in [0.5, 0.6) is 5.75 Å². The molecule has 0 aromatic heterocycles. The van der Waals surface area contributed by atoms with Crippen molar-refractivity contribution >= 4 is 5.91 Å². The van der Waals surface area contributed by atoms with Crippen molar-refractivity contribution in [3.8, 4) is 5.75 Å². The first-order chi connectivity index (χ1) is 5.79. The molecule has 0 atom stereocenters. The highest BCUT2D eigenvalue weighted by Crippen LogP contribution is 2.17. The number of rotatable bonds is 2. The maximum absolute atomic E-state index is 11.7. The Bertz CT molecular complexity index is 290. The standard InChI is InChI=1S/C7H6FNO3/c8-12-6-4-2-1-3-5(6)7(10)9-11/h1-4,11H,(H,9,10). The molecule has 1 aromatic rings. The van der Waals surface area contributed by atoms with Crippen molar-refractivity contribution in [1.29, 1.82) is 0 Å². The molecule has 0 fully saturated rings. The van der Waals surface area contributed by atoms with E-state index in [9.17, 15) is 9.32 Å². The summed E-state index contributed by atoms with van der Waals surface area (Å²) in [7, 11) is 0. The first kappa shape index (κ1) is 8.48. The van der Waals surface area contributed by atoms with Crippen LogP contribution in [0, 0.1) is 0 Å². The average molecular weight is 171 g/mol. The van der Waals surface area contributed by atoms with E-state index in [0.29, 0.717) is 0 Å². The predicted molar refractivity (Wildman–Crippen MR) is 37.4 cm³/mol. The van der Waals surface area contributed by atoms with E-state index in [-0.39, 0.29) is 11.3 Å². The van der Waals surface area contributed by atoms with E-state index in [4.69, 9.17) is 5.21 Å². The second-order valence-corrected chi connectivity index (χ2v) is 2.01. The molecule has 0 saturated carbocycles. The largest absolute Gasteiger partial charge is 0.294 e. The molecule has 0 heterocycles. The van der Waals surface area contributed by atoms with Crippen molar-refractivity contribution in [2.75, 3.05) is 0 Å². The molecule has 1 amide bonds. The Hall–Kier alpha value is -1.62. The number of para-hydroxylation sites is 1. The van der Waals surface area contributed by atoms with Crippen LogP contribution in [0.15, 0.2) is 24.3 Å². The van der Waals surface area contributed by atoms with E-state index in [1.807, 2.05) is 0 Å². The zero-order valence-electron chi connectivity index (χ0n) is 5.95. The average Bonchev–Trinajstić information content (AvgIpc) is 2.16. The van der Waals surface area contributed by atoms with E-state index in [0.717, 1.165) is 0 Å². The minimum atomic E-state index is -0.816. The summed E-state index contributed by atoms with van der Waals surface area (Å²) in [4.78, 5) is 14.2. The summed E-state index contributed by atoms with van der Waals surface area (Å²) < 4.78 is 11.7. The van der Waals surface area contributed by atoms with Gasteiger partial charge in [-0.1, -0.05) is 12.1 Å². The van der Waals surface area contributed by atoms with Gasteiger partial charge in [0.2, 0.25) is 0 Å². The van der Waals surface area contributed by atoms with Gasteiger partial charge >= 0.3 is 0 Å². The number of carbonyl (C=O) groups excluding carboxylic acids is 1. The van der Waals surface area contributed by atoms with Crippen LogP contribution in [0.3, 0.4) is 0 Å². The third-order valence-corrected chi connectivity index (χ3v) is 1.32. The lowest BCUT2D eigenvalue weighted by Gasteiger charge is -2.01. The van der Waals surface area contributed by atoms with Gasteiger partial charge in [-0.3, -0.25) is 14.9 Å². The molecule has 2 N–H and O–H groups in total. The summed E-state index contributed by atoms with van der Waals surface area (Å²) in [5.74, 6) is -1.05. The van der Waals surface area contributed by atoms with Crippen LogP contribution in [0.2, 0.25) is 0 Å². The van der Waals surface area contributed by atoms with Gasteiger partial charge in [0, 0.05) is 4.53 Å². The van der Waals surface area contributed by atoms with Crippen molar-refractivity contribution < 1.29 is 19.5 Å². The molecule has 0 aliphatic rings. The minimum absolute atomic E-state index is 0.0671. The van der Waals surface area contributed by atoms with Gasteiger partial charge in [0.05, 0.1) is 5.56 Å². The summed E-state index contributed by atoms with van der Waals surface area (Å²) in [6.45, 7) is 0. The highest BCUT2D eigenvalue weighted by molar-refractivity contribution is 5.96. The molecule has 12 heavy (non-hydrogen) atoms. The van der Waals surface area contributed by atoms with E-state index in [1.54, 1.807) is 0 Å². The first-order valence-electron chi connectivity index (χ1n) is 3.11. The number of hydroxylamine groups is 1. The van der Waals surface area contributed by atoms with Crippen LogP contribution >= 0.6 is 0 Å². The number of hydrogen-bond acceptors (Lipinski definition) is 3. The van der Waals surface area contributed by atoms with Crippen molar-refractivity contribution in [3.63, 3.8) is 0 Å². The van der Waals surface area contributed by atoms with Crippen LogP contribution in [0.4, 0.5) is 4.53 Å². The fourth-order valence-corrected chi connectivity index (χ4v) is 0.782. The van der Waals surface area contributed by atoms with E-state index in [2.05, 4.69) is 4.94 Å². The van der Waals surface area contributed by atoms with E-state index in [1.165, 1.54) is 29.7 Å². The highest BCUT2D eigenvalue weighted by atomic mass is 19.3. The first-order valence-corrected chi connectivity index (χ1v) is 3.11. The SMILES string of the molecule is O=C(NO)c1ccccc1OF. The van der Waals surface area contributed by atoms with Gasteiger partial charge in [0.25, 0.3) is 5.91 Å². The molecule has 64 valence electrons. The maximum atomic E-state index is 11.7. The summed E-state index contributed by atoms with van der Waals surface area (Å²) in [5.41, 5.74) is 1.30. The Morgan fingerprint density at radius 3 is 2.75 bits per heavy atom. The summed E-state index contributed by atoms with van der Waals surface area (Å²) >= 11 is 0. The zero-order chi connectivity index (χ0) is 8.97. The van der Waals surface area contributed by atoms with Gasteiger partial charge < -0.3 is 0 Å². The van der Waals surface area contributed by atoms with Gasteiger partial charge in [-0.15, -0.1) is 0 Å². The van der Waals surface area contributed by atoms with Gasteiger partial charge in [0.1, 0.15) is 0 Å². The molecule has 0 unspecified atom stereocenters. The molecule has 0 aliphatic heterocycles. The van der Waals surface area contributed by atoms with Gasteiger partial charge in [-0.25, -0.2) is 5.48 Å². The Balaban J connectivity index is 3.04. The van der Waals surface area contributed by atoms with Crippen LogP contribution in [0.1, 0.15) is 10.4 Å². The molecular weight excluding hydrogens is 165 g/mol. The van der Waals surface area contributed by atoms with E-state index < -0.39 is 5.91 Å². The number of nitrogens with one attached hydrogen (secondary N) is 1. The highest BCUT2D eigenvalue weighted by Gasteiger charge is 2.10. The molecular formula is C7H6FNO3. The Labute approximate surface area is 67.4 Å². The third-order valence-electron chi connectivity index (χ3n) is 1.32. The van der Waals surface area contributed by atoms with Crippen LogP contribution in [-0.4, -0.2) is 11.1 Å². The second kappa shape index (κ2) is 3.68. The molecule has 0 radical (unpaired) electrons. The molecule has 0 saturated heterocycles.